The standard InChI is InChI=1S/C14H13FN2/c15-13-5-4-11(6-10(13)8-16)17-14-7-9-2-1-3-12(9)14/h1,3-6,9,12,14,17H,2,7H2. The summed E-state index contributed by atoms with van der Waals surface area (Å²) in [5, 5.41) is 12.2. The van der Waals surface area contributed by atoms with E-state index in [4.69, 9.17) is 5.26 Å². The second-order valence-corrected chi connectivity index (χ2v) is 4.79. The van der Waals surface area contributed by atoms with Gasteiger partial charge in [-0.15, -0.1) is 0 Å². The zero-order chi connectivity index (χ0) is 11.8. The highest BCUT2D eigenvalue weighted by molar-refractivity contribution is 5.51. The van der Waals surface area contributed by atoms with Crippen molar-refractivity contribution < 1.29 is 4.39 Å². The number of nitrogens with one attached hydrogen (secondary N) is 1. The van der Waals surface area contributed by atoms with Gasteiger partial charge < -0.3 is 5.32 Å². The van der Waals surface area contributed by atoms with Crippen LogP contribution in [0.2, 0.25) is 0 Å². The first-order valence-electron chi connectivity index (χ1n) is 5.91. The van der Waals surface area contributed by atoms with Crippen LogP contribution in [0.4, 0.5) is 10.1 Å². The van der Waals surface area contributed by atoms with Gasteiger partial charge in [0.05, 0.1) is 5.56 Å². The van der Waals surface area contributed by atoms with Crippen molar-refractivity contribution in [3.8, 4) is 6.07 Å². The minimum Gasteiger partial charge on any atom is -0.382 e. The smallest absolute Gasteiger partial charge is 0.141 e. The molecule has 17 heavy (non-hydrogen) atoms. The van der Waals surface area contributed by atoms with E-state index >= 15 is 0 Å². The largest absolute Gasteiger partial charge is 0.382 e. The van der Waals surface area contributed by atoms with Gasteiger partial charge in [0, 0.05) is 17.6 Å². The number of nitriles is 1. The van der Waals surface area contributed by atoms with E-state index in [1.165, 1.54) is 12.5 Å². The highest BCUT2D eigenvalue weighted by Gasteiger charge is 2.40. The van der Waals surface area contributed by atoms with Crippen molar-refractivity contribution in [3.05, 3.63) is 41.7 Å². The van der Waals surface area contributed by atoms with Gasteiger partial charge in [0.1, 0.15) is 11.9 Å². The van der Waals surface area contributed by atoms with Crippen LogP contribution < -0.4 is 5.32 Å². The van der Waals surface area contributed by atoms with Crippen molar-refractivity contribution in [2.45, 2.75) is 18.9 Å². The second kappa shape index (κ2) is 3.89. The number of halogens is 1. The van der Waals surface area contributed by atoms with Crippen molar-refractivity contribution in [2.75, 3.05) is 5.32 Å². The molecule has 3 atom stereocenters. The molecule has 0 heterocycles. The minimum atomic E-state index is -0.453. The summed E-state index contributed by atoms with van der Waals surface area (Å²) in [6.45, 7) is 0. The van der Waals surface area contributed by atoms with Crippen LogP contribution in [-0.4, -0.2) is 6.04 Å². The zero-order valence-corrected chi connectivity index (χ0v) is 9.36. The van der Waals surface area contributed by atoms with Crippen LogP contribution in [0.5, 0.6) is 0 Å². The number of nitrogens with zero attached hydrogens (tertiary/aromatic N) is 1. The SMILES string of the molecule is N#Cc1cc(NC2CC3CC=CC32)ccc1F. The van der Waals surface area contributed by atoms with Gasteiger partial charge in [-0.2, -0.15) is 5.26 Å². The summed E-state index contributed by atoms with van der Waals surface area (Å²) in [5.74, 6) is 0.958. The van der Waals surface area contributed by atoms with Gasteiger partial charge in [0.2, 0.25) is 0 Å². The fraction of sp³-hybridized carbons (Fsp3) is 0.357. The monoisotopic (exact) mass is 228 g/mol. The van der Waals surface area contributed by atoms with Gasteiger partial charge >= 0.3 is 0 Å². The fourth-order valence-corrected chi connectivity index (χ4v) is 2.80. The molecule has 1 fully saturated rings. The predicted octanol–water partition coefficient (Wildman–Crippen LogP) is 3.07. The summed E-state index contributed by atoms with van der Waals surface area (Å²) >= 11 is 0. The molecule has 0 aliphatic heterocycles. The average molecular weight is 228 g/mol. The van der Waals surface area contributed by atoms with E-state index in [1.54, 1.807) is 12.1 Å². The molecule has 0 radical (unpaired) electrons. The number of hydrogen-bond donors (Lipinski definition) is 1. The van der Waals surface area contributed by atoms with Crippen LogP contribution in [0.3, 0.4) is 0 Å². The Morgan fingerprint density at radius 2 is 2.29 bits per heavy atom. The van der Waals surface area contributed by atoms with Gasteiger partial charge in [-0.25, -0.2) is 4.39 Å². The van der Waals surface area contributed by atoms with E-state index < -0.39 is 5.82 Å². The molecule has 2 aliphatic carbocycles. The van der Waals surface area contributed by atoms with Crippen molar-refractivity contribution in [2.24, 2.45) is 11.8 Å². The first-order chi connectivity index (χ1) is 8.28. The van der Waals surface area contributed by atoms with Crippen LogP contribution in [0, 0.1) is 29.0 Å². The molecule has 3 rings (SSSR count). The molecule has 1 N–H and O–H groups in total. The van der Waals surface area contributed by atoms with Gasteiger partial charge in [0.25, 0.3) is 0 Å². The van der Waals surface area contributed by atoms with Gasteiger partial charge in [-0.3, -0.25) is 0 Å². The molecular formula is C14H13FN2. The Bertz CT molecular complexity index is 515. The van der Waals surface area contributed by atoms with Crippen LogP contribution >= 0.6 is 0 Å². The summed E-state index contributed by atoms with van der Waals surface area (Å²) in [5.41, 5.74) is 0.944. The average Bonchev–Trinajstić information content (AvgIpc) is 2.69. The lowest BCUT2D eigenvalue weighted by molar-refractivity contribution is 0.218. The molecule has 1 aromatic rings. The van der Waals surface area contributed by atoms with Crippen molar-refractivity contribution in [1.82, 2.24) is 0 Å². The van der Waals surface area contributed by atoms with Crippen molar-refractivity contribution in [3.63, 3.8) is 0 Å². The van der Waals surface area contributed by atoms with Gasteiger partial charge in [0.15, 0.2) is 0 Å². The maximum Gasteiger partial charge on any atom is 0.141 e. The Balaban J connectivity index is 1.74. The Hall–Kier alpha value is -1.82. The van der Waals surface area contributed by atoms with Crippen molar-refractivity contribution in [1.29, 1.82) is 5.26 Å². The van der Waals surface area contributed by atoms with Crippen LogP contribution in [0.25, 0.3) is 0 Å². The molecule has 0 saturated heterocycles. The third-order valence-corrected chi connectivity index (χ3v) is 3.80. The first kappa shape index (κ1) is 10.3. The topological polar surface area (TPSA) is 35.8 Å². The fourth-order valence-electron chi connectivity index (χ4n) is 2.80. The molecule has 0 spiro atoms. The Morgan fingerprint density at radius 3 is 3.06 bits per heavy atom. The number of hydrogen-bond acceptors (Lipinski definition) is 2. The van der Waals surface area contributed by atoms with Crippen LogP contribution in [0.15, 0.2) is 30.4 Å². The van der Waals surface area contributed by atoms with E-state index in [2.05, 4.69) is 17.5 Å². The molecule has 86 valence electrons. The quantitative estimate of drug-likeness (QED) is 0.789. The third-order valence-electron chi connectivity index (χ3n) is 3.80. The van der Waals surface area contributed by atoms with E-state index in [-0.39, 0.29) is 5.56 Å². The highest BCUT2D eigenvalue weighted by atomic mass is 19.1. The van der Waals surface area contributed by atoms with Crippen molar-refractivity contribution >= 4 is 5.69 Å². The molecule has 2 aliphatic rings. The summed E-state index contributed by atoms with van der Waals surface area (Å²) in [6.07, 6.45) is 6.86. The lowest BCUT2D eigenvalue weighted by atomic mass is 9.71. The Labute approximate surface area is 99.8 Å². The normalized spacial score (nSPS) is 29.3. The van der Waals surface area contributed by atoms with E-state index in [9.17, 15) is 4.39 Å². The number of allylic oxidation sites excluding steroid dienone is 1. The molecule has 0 aromatic heterocycles. The Kier molecular flexibility index (Phi) is 2.36. The van der Waals surface area contributed by atoms with Crippen LogP contribution in [0.1, 0.15) is 18.4 Å². The number of fused-ring (bicyclic) bond motifs is 1. The maximum atomic E-state index is 13.2. The molecule has 2 nitrogen and oxygen atoms in total. The van der Waals surface area contributed by atoms with Gasteiger partial charge in [-0.1, -0.05) is 12.2 Å². The van der Waals surface area contributed by atoms with E-state index in [1.807, 2.05) is 6.07 Å². The molecule has 3 heteroatoms. The molecule has 0 bridgehead atoms. The highest BCUT2D eigenvalue weighted by Crippen LogP contribution is 2.44. The summed E-state index contributed by atoms with van der Waals surface area (Å²) < 4.78 is 13.2. The van der Waals surface area contributed by atoms with E-state index in [0.717, 1.165) is 18.0 Å². The summed E-state index contributed by atoms with van der Waals surface area (Å²) in [7, 11) is 0. The molecule has 1 saturated carbocycles. The summed E-state index contributed by atoms with van der Waals surface area (Å²) in [4.78, 5) is 0. The molecule has 1 aromatic carbocycles. The number of anilines is 1. The van der Waals surface area contributed by atoms with E-state index in [0.29, 0.717) is 12.0 Å². The zero-order valence-electron chi connectivity index (χ0n) is 9.36. The lowest BCUT2D eigenvalue weighted by Crippen LogP contribution is -2.43. The molecular weight excluding hydrogens is 215 g/mol. The molecule has 0 amide bonds. The predicted molar refractivity (Wildman–Crippen MR) is 63.9 cm³/mol. The minimum absolute atomic E-state index is 0.104. The lowest BCUT2D eigenvalue weighted by Gasteiger charge is -2.41. The van der Waals surface area contributed by atoms with Gasteiger partial charge in [-0.05, 0) is 37.0 Å². The second-order valence-electron chi connectivity index (χ2n) is 4.79. The summed E-state index contributed by atoms with van der Waals surface area (Å²) in [6, 6.07) is 6.93. The number of rotatable bonds is 2. The maximum absolute atomic E-state index is 13.2. The Morgan fingerprint density at radius 1 is 1.41 bits per heavy atom. The molecule has 3 unspecified atom stereocenters. The third kappa shape index (κ3) is 1.70. The first-order valence-corrected chi connectivity index (χ1v) is 5.91. The number of benzene rings is 1. The van der Waals surface area contributed by atoms with Crippen LogP contribution in [-0.2, 0) is 0 Å².